The van der Waals surface area contributed by atoms with E-state index in [-0.39, 0.29) is 5.91 Å². The van der Waals surface area contributed by atoms with E-state index in [9.17, 15) is 4.79 Å². The van der Waals surface area contributed by atoms with Crippen LogP contribution in [-0.4, -0.2) is 10.9 Å². The fraction of sp³-hybridized carbons (Fsp3) is 0.304. The van der Waals surface area contributed by atoms with Gasteiger partial charge in [-0.2, -0.15) is 0 Å². The van der Waals surface area contributed by atoms with Crippen molar-refractivity contribution >= 4 is 22.5 Å². The van der Waals surface area contributed by atoms with Crippen molar-refractivity contribution < 1.29 is 4.79 Å². The van der Waals surface area contributed by atoms with Crippen molar-refractivity contribution in [2.45, 2.75) is 39.0 Å². The van der Waals surface area contributed by atoms with Crippen molar-refractivity contribution in [3.8, 4) is 0 Å². The van der Waals surface area contributed by atoms with Gasteiger partial charge in [0.05, 0.1) is 11.2 Å². The van der Waals surface area contributed by atoms with Crippen LogP contribution >= 0.6 is 0 Å². The molecule has 1 amide bonds. The monoisotopic (exact) mass is 346 g/mol. The topological polar surface area (TPSA) is 42.0 Å². The molecular formula is C23H26N2O. The first kappa shape index (κ1) is 18.1. The molecule has 0 aliphatic rings. The average molecular weight is 346 g/mol. The highest BCUT2D eigenvalue weighted by Crippen LogP contribution is 2.23. The summed E-state index contributed by atoms with van der Waals surface area (Å²) in [4.78, 5) is 17.0. The molecule has 134 valence electrons. The zero-order chi connectivity index (χ0) is 18.2. The van der Waals surface area contributed by atoms with Gasteiger partial charge in [-0.3, -0.25) is 9.78 Å². The van der Waals surface area contributed by atoms with E-state index in [2.05, 4.69) is 41.5 Å². The van der Waals surface area contributed by atoms with Gasteiger partial charge in [-0.05, 0) is 36.5 Å². The van der Waals surface area contributed by atoms with Crippen LogP contribution in [0.2, 0.25) is 0 Å². The number of benzene rings is 2. The molecule has 0 spiro atoms. The second-order valence-corrected chi connectivity index (χ2v) is 6.81. The smallest absolute Gasteiger partial charge is 0.224 e. The molecule has 26 heavy (non-hydrogen) atoms. The summed E-state index contributed by atoms with van der Waals surface area (Å²) in [6.45, 7) is 2.18. The Balaban J connectivity index is 1.62. The third kappa shape index (κ3) is 4.92. The van der Waals surface area contributed by atoms with Crippen LogP contribution < -0.4 is 5.32 Å². The Kier molecular flexibility index (Phi) is 6.37. The number of rotatable bonds is 8. The summed E-state index contributed by atoms with van der Waals surface area (Å²) >= 11 is 0. The predicted molar refractivity (Wildman–Crippen MR) is 108 cm³/mol. The number of pyridine rings is 1. The van der Waals surface area contributed by atoms with Crippen LogP contribution in [0.1, 0.15) is 38.2 Å². The second-order valence-electron chi connectivity index (χ2n) is 6.81. The van der Waals surface area contributed by atoms with Crippen molar-refractivity contribution in [3.05, 3.63) is 72.4 Å². The number of aromatic nitrogens is 1. The Morgan fingerprint density at radius 3 is 2.62 bits per heavy atom. The number of para-hydroxylation sites is 1. The fourth-order valence-corrected chi connectivity index (χ4v) is 3.44. The summed E-state index contributed by atoms with van der Waals surface area (Å²) in [5, 5.41) is 4.11. The van der Waals surface area contributed by atoms with Crippen molar-refractivity contribution in [2.24, 2.45) is 5.92 Å². The summed E-state index contributed by atoms with van der Waals surface area (Å²) in [5.41, 5.74) is 2.98. The van der Waals surface area contributed by atoms with Gasteiger partial charge in [0.25, 0.3) is 0 Å². The van der Waals surface area contributed by atoms with Gasteiger partial charge in [0, 0.05) is 18.0 Å². The van der Waals surface area contributed by atoms with Crippen LogP contribution in [0.15, 0.2) is 66.9 Å². The molecule has 0 saturated heterocycles. The zero-order valence-corrected chi connectivity index (χ0v) is 15.3. The van der Waals surface area contributed by atoms with Gasteiger partial charge in [-0.15, -0.1) is 0 Å². The molecule has 1 heterocycles. The van der Waals surface area contributed by atoms with Crippen LogP contribution in [0.4, 0.5) is 5.69 Å². The lowest BCUT2D eigenvalue weighted by molar-refractivity contribution is -0.117. The van der Waals surface area contributed by atoms with Crippen LogP contribution in [0.25, 0.3) is 10.9 Å². The number of carbonyl (C=O) groups excluding carboxylic acids is 1. The minimum absolute atomic E-state index is 0.0784. The number of fused-ring (bicyclic) bond motifs is 1. The molecule has 3 nitrogen and oxygen atoms in total. The second kappa shape index (κ2) is 9.14. The third-order valence-corrected chi connectivity index (χ3v) is 4.76. The van der Waals surface area contributed by atoms with Gasteiger partial charge in [-0.1, -0.05) is 68.3 Å². The third-order valence-electron chi connectivity index (χ3n) is 4.76. The SMILES string of the molecule is CCCC(CCc1ccccc1)CC(=O)Nc1cccc2cccnc12. The lowest BCUT2D eigenvalue weighted by Crippen LogP contribution is -2.17. The highest BCUT2D eigenvalue weighted by Gasteiger charge is 2.14. The minimum Gasteiger partial charge on any atom is -0.324 e. The maximum absolute atomic E-state index is 12.6. The van der Waals surface area contributed by atoms with Crippen LogP contribution in [0.3, 0.4) is 0 Å². The first-order chi connectivity index (χ1) is 12.8. The highest BCUT2D eigenvalue weighted by atomic mass is 16.1. The Morgan fingerprint density at radius 1 is 1.00 bits per heavy atom. The van der Waals surface area contributed by atoms with E-state index in [4.69, 9.17) is 0 Å². The van der Waals surface area contributed by atoms with E-state index in [1.54, 1.807) is 6.20 Å². The zero-order valence-electron chi connectivity index (χ0n) is 15.3. The molecule has 1 N–H and O–H groups in total. The number of nitrogens with one attached hydrogen (secondary N) is 1. The Morgan fingerprint density at radius 2 is 1.81 bits per heavy atom. The molecule has 0 aliphatic heterocycles. The molecule has 0 saturated carbocycles. The van der Waals surface area contributed by atoms with Gasteiger partial charge in [-0.25, -0.2) is 0 Å². The summed E-state index contributed by atoms with van der Waals surface area (Å²) < 4.78 is 0. The first-order valence-electron chi connectivity index (χ1n) is 9.43. The number of amides is 1. The summed E-state index contributed by atoms with van der Waals surface area (Å²) in [6.07, 6.45) is 6.56. The summed E-state index contributed by atoms with van der Waals surface area (Å²) in [6, 6.07) is 20.3. The summed E-state index contributed by atoms with van der Waals surface area (Å²) in [5.74, 6) is 0.484. The molecule has 1 atom stereocenters. The van der Waals surface area contributed by atoms with Gasteiger partial charge in [0.1, 0.15) is 0 Å². The van der Waals surface area contributed by atoms with E-state index in [0.717, 1.165) is 42.3 Å². The van der Waals surface area contributed by atoms with E-state index in [1.165, 1.54) is 5.56 Å². The number of anilines is 1. The highest BCUT2D eigenvalue weighted by molar-refractivity contribution is 6.00. The van der Waals surface area contributed by atoms with E-state index >= 15 is 0 Å². The van der Waals surface area contributed by atoms with E-state index in [1.807, 2.05) is 36.4 Å². The molecule has 3 heteroatoms. The Bertz CT molecular complexity index is 840. The van der Waals surface area contributed by atoms with Crippen LogP contribution in [0, 0.1) is 5.92 Å². The maximum atomic E-state index is 12.6. The largest absolute Gasteiger partial charge is 0.324 e. The molecular weight excluding hydrogens is 320 g/mol. The number of carbonyl (C=O) groups is 1. The molecule has 0 aliphatic carbocycles. The maximum Gasteiger partial charge on any atom is 0.224 e. The van der Waals surface area contributed by atoms with Crippen molar-refractivity contribution in [1.82, 2.24) is 4.98 Å². The number of hydrogen-bond donors (Lipinski definition) is 1. The van der Waals surface area contributed by atoms with Crippen molar-refractivity contribution in [3.63, 3.8) is 0 Å². The molecule has 0 radical (unpaired) electrons. The standard InChI is InChI=1S/C23H26N2O/c1-2-8-19(15-14-18-9-4-3-5-10-18)17-22(26)25-21-13-6-11-20-12-7-16-24-23(20)21/h3-7,9-13,16,19H,2,8,14-15,17H2,1H3,(H,25,26). The molecule has 3 rings (SSSR count). The number of hydrogen-bond acceptors (Lipinski definition) is 2. The van der Waals surface area contributed by atoms with Crippen LogP contribution in [0.5, 0.6) is 0 Å². The molecule has 1 unspecified atom stereocenters. The molecule has 1 aromatic heterocycles. The number of aryl methyl sites for hydroxylation is 1. The quantitative estimate of drug-likeness (QED) is 0.576. The minimum atomic E-state index is 0.0784. The lowest BCUT2D eigenvalue weighted by Gasteiger charge is -2.16. The molecule has 3 aromatic rings. The normalized spacial score (nSPS) is 12.0. The molecule has 2 aromatic carbocycles. The molecule has 0 fully saturated rings. The van der Waals surface area contributed by atoms with Crippen LogP contribution in [-0.2, 0) is 11.2 Å². The van der Waals surface area contributed by atoms with Crippen molar-refractivity contribution in [1.29, 1.82) is 0 Å². The average Bonchev–Trinajstić information content (AvgIpc) is 2.67. The van der Waals surface area contributed by atoms with E-state index in [0.29, 0.717) is 12.3 Å². The summed E-state index contributed by atoms with van der Waals surface area (Å²) in [7, 11) is 0. The predicted octanol–water partition coefficient (Wildman–Crippen LogP) is 5.61. The van der Waals surface area contributed by atoms with Gasteiger partial charge in [0.2, 0.25) is 5.91 Å². The van der Waals surface area contributed by atoms with Gasteiger partial charge in [0.15, 0.2) is 0 Å². The van der Waals surface area contributed by atoms with Crippen molar-refractivity contribution in [2.75, 3.05) is 5.32 Å². The van der Waals surface area contributed by atoms with Gasteiger partial charge >= 0.3 is 0 Å². The fourth-order valence-electron chi connectivity index (χ4n) is 3.44. The van der Waals surface area contributed by atoms with Gasteiger partial charge < -0.3 is 5.32 Å². The molecule has 0 bridgehead atoms. The first-order valence-corrected chi connectivity index (χ1v) is 9.43. The Labute approximate surface area is 155 Å². The van der Waals surface area contributed by atoms with E-state index < -0.39 is 0 Å². The Hall–Kier alpha value is -2.68. The number of nitrogens with zero attached hydrogens (tertiary/aromatic N) is 1. The lowest BCUT2D eigenvalue weighted by atomic mass is 9.92.